The van der Waals surface area contributed by atoms with E-state index in [-0.39, 0.29) is 0 Å². The molecule has 0 saturated carbocycles. The van der Waals surface area contributed by atoms with Gasteiger partial charge in [0, 0.05) is 13.1 Å². The second kappa shape index (κ2) is 8.26. The van der Waals surface area contributed by atoms with E-state index in [1.54, 1.807) is 0 Å². The van der Waals surface area contributed by atoms with Crippen molar-refractivity contribution in [2.24, 2.45) is 5.92 Å². The highest BCUT2D eigenvalue weighted by Gasteiger charge is 2.08. The molecular weight excluding hydrogens is 208 g/mol. The first-order valence-electron chi connectivity index (χ1n) is 6.63. The number of likely N-dealkylation sites (N-methyl/N-ethyl adjacent to an activating group) is 1. The molecule has 1 N–H and O–H groups in total. The summed E-state index contributed by atoms with van der Waals surface area (Å²) in [6.07, 6.45) is 2.39. The van der Waals surface area contributed by atoms with Crippen LogP contribution >= 0.6 is 0 Å². The number of rotatable bonds is 8. The number of hydrogen-bond donors (Lipinski definition) is 1. The molecule has 1 rings (SSSR count). The molecule has 0 radical (unpaired) electrons. The lowest BCUT2D eigenvalue weighted by atomic mass is 10.1. The normalized spacial score (nSPS) is 12.9. The SMILES string of the molecule is CCC(CNC)CN(C)CCc1ccccc1. The van der Waals surface area contributed by atoms with Crippen LogP contribution in [0.5, 0.6) is 0 Å². The van der Waals surface area contributed by atoms with E-state index < -0.39 is 0 Å². The van der Waals surface area contributed by atoms with Gasteiger partial charge in [-0.2, -0.15) is 0 Å². The summed E-state index contributed by atoms with van der Waals surface area (Å²) in [5.74, 6) is 0.765. The Morgan fingerprint density at radius 3 is 2.53 bits per heavy atom. The Kier molecular flexibility index (Phi) is 6.90. The van der Waals surface area contributed by atoms with Crippen molar-refractivity contribution >= 4 is 0 Å². The summed E-state index contributed by atoms with van der Waals surface area (Å²) in [6.45, 7) is 5.72. The number of benzene rings is 1. The minimum atomic E-state index is 0.765. The van der Waals surface area contributed by atoms with Gasteiger partial charge in [0.25, 0.3) is 0 Å². The van der Waals surface area contributed by atoms with Gasteiger partial charge in [0.05, 0.1) is 0 Å². The predicted molar refractivity (Wildman–Crippen MR) is 75.4 cm³/mol. The van der Waals surface area contributed by atoms with Crippen molar-refractivity contribution in [3.8, 4) is 0 Å². The lowest BCUT2D eigenvalue weighted by molar-refractivity contribution is 0.271. The molecule has 0 fully saturated rings. The molecule has 96 valence electrons. The molecule has 0 aliphatic carbocycles. The Hall–Kier alpha value is -0.860. The monoisotopic (exact) mass is 234 g/mol. The van der Waals surface area contributed by atoms with Crippen LogP contribution in [0.2, 0.25) is 0 Å². The molecule has 0 bridgehead atoms. The third-order valence-electron chi connectivity index (χ3n) is 3.27. The van der Waals surface area contributed by atoms with Crippen molar-refractivity contribution < 1.29 is 0 Å². The van der Waals surface area contributed by atoms with E-state index in [9.17, 15) is 0 Å². The van der Waals surface area contributed by atoms with Gasteiger partial charge in [-0.1, -0.05) is 43.7 Å². The molecule has 0 aromatic heterocycles. The Morgan fingerprint density at radius 2 is 1.94 bits per heavy atom. The largest absolute Gasteiger partial charge is 0.319 e. The summed E-state index contributed by atoms with van der Waals surface area (Å²) in [6, 6.07) is 10.7. The summed E-state index contributed by atoms with van der Waals surface area (Å²) < 4.78 is 0. The summed E-state index contributed by atoms with van der Waals surface area (Å²) in [4.78, 5) is 2.44. The zero-order valence-corrected chi connectivity index (χ0v) is 11.4. The van der Waals surface area contributed by atoms with E-state index in [2.05, 4.69) is 54.5 Å². The first-order valence-corrected chi connectivity index (χ1v) is 6.63. The highest BCUT2D eigenvalue weighted by molar-refractivity contribution is 5.14. The molecule has 1 atom stereocenters. The van der Waals surface area contributed by atoms with Crippen LogP contribution in [0.1, 0.15) is 18.9 Å². The topological polar surface area (TPSA) is 15.3 Å². The van der Waals surface area contributed by atoms with E-state index in [0.29, 0.717) is 0 Å². The second-order valence-corrected chi connectivity index (χ2v) is 4.83. The van der Waals surface area contributed by atoms with Crippen molar-refractivity contribution in [2.45, 2.75) is 19.8 Å². The Labute approximate surface area is 106 Å². The summed E-state index contributed by atoms with van der Waals surface area (Å²) in [5.41, 5.74) is 1.43. The van der Waals surface area contributed by atoms with Crippen LogP contribution in [0, 0.1) is 5.92 Å². The van der Waals surface area contributed by atoms with Gasteiger partial charge in [-0.25, -0.2) is 0 Å². The maximum atomic E-state index is 3.27. The Bertz CT molecular complexity index is 284. The number of hydrogen-bond acceptors (Lipinski definition) is 2. The van der Waals surface area contributed by atoms with E-state index in [0.717, 1.165) is 25.4 Å². The molecule has 2 heteroatoms. The van der Waals surface area contributed by atoms with Crippen LogP contribution in [0.3, 0.4) is 0 Å². The first-order chi connectivity index (χ1) is 8.26. The molecule has 0 spiro atoms. The van der Waals surface area contributed by atoms with Gasteiger partial charge in [-0.3, -0.25) is 0 Å². The standard InChI is InChI=1S/C15H26N2/c1-4-14(12-16-2)13-17(3)11-10-15-8-6-5-7-9-15/h5-9,14,16H,4,10-13H2,1-3H3. The van der Waals surface area contributed by atoms with Crippen molar-refractivity contribution in [2.75, 3.05) is 33.7 Å². The fourth-order valence-corrected chi connectivity index (χ4v) is 2.12. The minimum Gasteiger partial charge on any atom is -0.319 e. The quantitative estimate of drug-likeness (QED) is 0.743. The molecule has 0 heterocycles. The third-order valence-corrected chi connectivity index (χ3v) is 3.27. The van der Waals surface area contributed by atoms with E-state index >= 15 is 0 Å². The van der Waals surface area contributed by atoms with Crippen LogP contribution in [0.4, 0.5) is 0 Å². The smallest absolute Gasteiger partial charge is 0.00189 e. The fraction of sp³-hybridized carbons (Fsp3) is 0.600. The van der Waals surface area contributed by atoms with Crippen molar-refractivity contribution in [3.63, 3.8) is 0 Å². The molecular formula is C15H26N2. The zero-order valence-electron chi connectivity index (χ0n) is 11.4. The van der Waals surface area contributed by atoms with Gasteiger partial charge in [0.1, 0.15) is 0 Å². The van der Waals surface area contributed by atoms with Crippen LogP contribution < -0.4 is 5.32 Å². The summed E-state index contributed by atoms with van der Waals surface area (Å²) in [5, 5.41) is 3.27. The molecule has 1 aromatic carbocycles. The number of nitrogens with one attached hydrogen (secondary N) is 1. The maximum absolute atomic E-state index is 3.27. The van der Waals surface area contributed by atoms with Crippen molar-refractivity contribution in [1.29, 1.82) is 0 Å². The third kappa shape index (κ3) is 5.85. The van der Waals surface area contributed by atoms with E-state index in [4.69, 9.17) is 0 Å². The molecule has 0 aliphatic rings. The molecule has 1 unspecified atom stereocenters. The minimum absolute atomic E-state index is 0.765. The molecule has 0 aliphatic heterocycles. The van der Waals surface area contributed by atoms with Crippen molar-refractivity contribution in [3.05, 3.63) is 35.9 Å². The van der Waals surface area contributed by atoms with Crippen LogP contribution in [-0.2, 0) is 6.42 Å². The molecule has 17 heavy (non-hydrogen) atoms. The van der Waals surface area contributed by atoms with Crippen molar-refractivity contribution in [1.82, 2.24) is 10.2 Å². The van der Waals surface area contributed by atoms with Gasteiger partial charge in [-0.15, -0.1) is 0 Å². The van der Waals surface area contributed by atoms with Crippen LogP contribution in [0.15, 0.2) is 30.3 Å². The molecule has 2 nitrogen and oxygen atoms in total. The number of nitrogens with zero attached hydrogens (tertiary/aromatic N) is 1. The average molecular weight is 234 g/mol. The van der Waals surface area contributed by atoms with Crippen LogP contribution in [0.25, 0.3) is 0 Å². The second-order valence-electron chi connectivity index (χ2n) is 4.83. The first kappa shape index (κ1) is 14.2. The van der Waals surface area contributed by atoms with Gasteiger partial charge in [-0.05, 0) is 38.5 Å². The molecule has 0 saturated heterocycles. The lowest BCUT2D eigenvalue weighted by Crippen LogP contribution is -2.32. The van der Waals surface area contributed by atoms with Gasteiger partial charge in [0.15, 0.2) is 0 Å². The highest BCUT2D eigenvalue weighted by atomic mass is 15.1. The maximum Gasteiger partial charge on any atom is 0.00189 e. The summed E-state index contributed by atoms with van der Waals surface area (Å²) >= 11 is 0. The van der Waals surface area contributed by atoms with Gasteiger partial charge < -0.3 is 10.2 Å². The van der Waals surface area contributed by atoms with Crippen LogP contribution in [-0.4, -0.2) is 38.6 Å². The molecule has 1 aromatic rings. The van der Waals surface area contributed by atoms with Gasteiger partial charge in [0.2, 0.25) is 0 Å². The Balaban J connectivity index is 2.27. The van der Waals surface area contributed by atoms with E-state index in [1.807, 2.05) is 7.05 Å². The Morgan fingerprint density at radius 1 is 1.24 bits per heavy atom. The average Bonchev–Trinajstić information content (AvgIpc) is 2.37. The highest BCUT2D eigenvalue weighted by Crippen LogP contribution is 2.05. The predicted octanol–water partition coefficient (Wildman–Crippen LogP) is 2.41. The van der Waals surface area contributed by atoms with E-state index in [1.165, 1.54) is 18.5 Å². The lowest BCUT2D eigenvalue weighted by Gasteiger charge is -2.23. The fourth-order valence-electron chi connectivity index (χ4n) is 2.12. The van der Waals surface area contributed by atoms with Gasteiger partial charge >= 0.3 is 0 Å². The summed E-state index contributed by atoms with van der Waals surface area (Å²) in [7, 11) is 4.26. The zero-order chi connectivity index (χ0) is 12.5. The molecule has 0 amide bonds.